The van der Waals surface area contributed by atoms with Gasteiger partial charge in [-0.25, -0.2) is 0 Å². The summed E-state index contributed by atoms with van der Waals surface area (Å²) < 4.78 is 1.52. The molecular weight excluding hydrogens is 322 g/mol. The lowest BCUT2D eigenvalue weighted by Crippen LogP contribution is -2.40. The summed E-state index contributed by atoms with van der Waals surface area (Å²) in [5.74, 6) is 0.793. The van der Waals surface area contributed by atoms with Crippen molar-refractivity contribution in [1.29, 1.82) is 0 Å². The lowest BCUT2D eigenvalue weighted by molar-refractivity contribution is 0.0782. The smallest absolute Gasteiger partial charge is 0.273 e. The van der Waals surface area contributed by atoms with Crippen LogP contribution in [0.15, 0.2) is 18.6 Å². The molecule has 2 fully saturated rings. The van der Waals surface area contributed by atoms with E-state index in [1.807, 2.05) is 4.90 Å². The molecule has 9 nitrogen and oxygen atoms in total. The van der Waals surface area contributed by atoms with Crippen LogP contribution in [0.5, 0.6) is 0 Å². The molecule has 2 N–H and O–H groups in total. The minimum Gasteiger partial charge on any atom is -0.348 e. The largest absolute Gasteiger partial charge is 0.348 e. The second-order valence-corrected chi connectivity index (χ2v) is 6.98. The van der Waals surface area contributed by atoms with Crippen LogP contribution >= 0.6 is 0 Å². The lowest BCUT2D eigenvalue weighted by atomic mass is 9.79. The monoisotopic (exact) mass is 343 g/mol. The maximum atomic E-state index is 12.5. The molecule has 132 valence electrons. The van der Waals surface area contributed by atoms with Gasteiger partial charge in [0.25, 0.3) is 11.8 Å². The highest BCUT2D eigenvalue weighted by Crippen LogP contribution is 2.36. The third kappa shape index (κ3) is 3.13. The predicted octanol–water partition coefficient (Wildman–Crippen LogP) is 0.209. The molecule has 2 amide bonds. The van der Waals surface area contributed by atoms with Crippen LogP contribution in [0.3, 0.4) is 0 Å². The molecule has 3 heterocycles. The number of fused-ring (bicyclic) bond motifs is 1. The Morgan fingerprint density at radius 2 is 2.12 bits per heavy atom. The van der Waals surface area contributed by atoms with E-state index in [1.54, 1.807) is 25.6 Å². The summed E-state index contributed by atoms with van der Waals surface area (Å²) in [5.41, 5.74) is 0.943. The summed E-state index contributed by atoms with van der Waals surface area (Å²) in [7, 11) is 1.74. The van der Waals surface area contributed by atoms with Crippen LogP contribution in [-0.4, -0.2) is 61.0 Å². The van der Waals surface area contributed by atoms with Crippen molar-refractivity contribution in [2.75, 3.05) is 13.1 Å². The Bertz CT molecular complexity index is 769. The summed E-state index contributed by atoms with van der Waals surface area (Å²) in [6, 6.07) is 0.125. The van der Waals surface area contributed by atoms with Crippen LogP contribution in [0, 0.1) is 11.8 Å². The number of rotatable bonds is 3. The average molecular weight is 343 g/mol. The van der Waals surface area contributed by atoms with Gasteiger partial charge in [-0.2, -0.15) is 5.10 Å². The van der Waals surface area contributed by atoms with Gasteiger partial charge >= 0.3 is 0 Å². The molecule has 0 aromatic carbocycles. The second kappa shape index (κ2) is 6.30. The molecular formula is C16H21N7O2. The maximum Gasteiger partial charge on any atom is 0.273 e. The van der Waals surface area contributed by atoms with Crippen molar-refractivity contribution in [2.24, 2.45) is 18.9 Å². The number of amides is 2. The van der Waals surface area contributed by atoms with Crippen LogP contribution < -0.4 is 5.32 Å². The molecule has 1 saturated carbocycles. The molecule has 9 heteroatoms. The third-order valence-corrected chi connectivity index (χ3v) is 5.25. The molecule has 2 aliphatic rings. The Balaban J connectivity index is 1.35. The zero-order valence-corrected chi connectivity index (χ0v) is 14.1. The summed E-state index contributed by atoms with van der Waals surface area (Å²) in [6.45, 7) is 1.53. The molecule has 1 aliphatic heterocycles. The van der Waals surface area contributed by atoms with Gasteiger partial charge in [0, 0.05) is 32.4 Å². The first-order valence-electron chi connectivity index (χ1n) is 8.55. The molecule has 25 heavy (non-hydrogen) atoms. The summed E-state index contributed by atoms with van der Waals surface area (Å²) in [4.78, 5) is 26.6. The van der Waals surface area contributed by atoms with Crippen LogP contribution in [0.2, 0.25) is 0 Å². The predicted molar refractivity (Wildman–Crippen MR) is 87.6 cm³/mol. The van der Waals surface area contributed by atoms with Gasteiger partial charge in [0.15, 0.2) is 5.69 Å². The molecule has 0 radical (unpaired) electrons. The number of nitrogens with zero attached hydrogens (tertiary/aromatic N) is 5. The maximum absolute atomic E-state index is 12.5. The van der Waals surface area contributed by atoms with E-state index in [9.17, 15) is 9.59 Å². The summed E-state index contributed by atoms with van der Waals surface area (Å²) >= 11 is 0. The quantitative estimate of drug-likeness (QED) is 0.828. The average Bonchev–Trinajstić information content (AvgIpc) is 3.33. The first kappa shape index (κ1) is 15.8. The van der Waals surface area contributed by atoms with Crippen LogP contribution in [0.25, 0.3) is 0 Å². The van der Waals surface area contributed by atoms with E-state index in [1.165, 1.54) is 4.68 Å². The molecule has 2 aromatic rings. The lowest BCUT2D eigenvalue weighted by Gasteiger charge is -2.31. The number of carbonyl (C=O) groups excluding carboxylic acids is 2. The number of H-pyrrole nitrogens is 1. The number of aromatic amines is 1. The van der Waals surface area contributed by atoms with Crippen molar-refractivity contribution in [3.8, 4) is 0 Å². The second-order valence-electron chi connectivity index (χ2n) is 6.98. The van der Waals surface area contributed by atoms with Crippen molar-refractivity contribution < 1.29 is 9.59 Å². The van der Waals surface area contributed by atoms with Gasteiger partial charge in [0.2, 0.25) is 0 Å². The number of nitrogens with one attached hydrogen (secondary N) is 2. The van der Waals surface area contributed by atoms with E-state index in [0.717, 1.165) is 32.4 Å². The van der Waals surface area contributed by atoms with Crippen molar-refractivity contribution in [3.05, 3.63) is 29.8 Å². The van der Waals surface area contributed by atoms with Gasteiger partial charge in [0.05, 0.1) is 18.0 Å². The minimum atomic E-state index is -0.180. The highest BCUT2D eigenvalue weighted by atomic mass is 16.2. The van der Waals surface area contributed by atoms with Gasteiger partial charge in [0.1, 0.15) is 0 Å². The number of likely N-dealkylation sites (tertiary alicyclic amines) is 1. The van der Waals surface area contributed by atoms with Crippen molar-refractivity contribution in [2.45, 2.75) is 25.3 Å². The van der Waals surface area contributed by atoms with Crippen LogP contribution in [0.1, 0.15) is 40.1 Å². The van der Waals surface area contributed by atoms with Gasteiger partial charge in [-0.15, -0.1) is 5.10 Å². The third-order valence-electron chi connectivity index (χ3n) is 5.25. The van der Waals surface area contributed by atoms with Crippen molar-refractivity contribution in [1.82, 2.24) is 35.4 Å². The Labute approximate surface area is 144 Å². The molecule has 0 spiro atoms. The van der Waals surface area contributed by atoms with E-state index in [0.29, 0.717) is 23.1 Å². The molecule has 0 bridgehead atoms. The SMILES string of the molecule is Cn1cc(C(=O)NC2CCC3CN(C(=O)c4cn[nH]c4)CC3C2)nn1. The first-order valence-corrected chi connectivity index (χ1v) is 8.55. The molecule has 3 unspecified atom stereocenters. The fourth-order valence-electron chi connectivity index (χ4n) is 3.99. The number of aryl methyl sites for hydroxylation is 1. The standard InChI is InChI=1S/C16H21N7O2/c1-22-9-14(20-21-22)15(24)19-13-3-2-10-7-23(8-11(10)4-13)16(25)12-5-17-18-6-12/h5-6,9-11,13H,2-4,7-8H2,1H3,(H,17,18)(H,19,24). The van der Waals surface area contributed by atoms with E-state index >= 15 is 0 Å². The van der Waals surface area contributed by atoms with Crippen LogP contribution in [0.4, 0.5) is 0 Å². The Kier molecular flexibility index (Phi) is 3.98. The van der Waals surface area contributed by atoms with Gasteiger partial charge in [-0.05, 0) is 31.1 Å². The topological polar surface area (TPSA) is 109 Å². The first-order chi connectivity index (χ1) is 12.1. The molecule has 2 aromatic heterocycles. The normalized spacial score (nSPS) is 25.6. The van der Waals surface area contributed by atoms with E-state index in [2.05, 4.69) is 25.8 Å². The number of hydrogen-bond acceptors (Lipinski definition) is 5. The van der Waals surface area contributed by atoms with Crippen molar-refractivity contribution in [3.63, 3.8) is 0 Å². The fourth-order valence-corrected chi connectivity index (χ4v) is 3.99. The zero-order chi connectivity index (χ0) is 17.4. The van der Waals surface area contributed by atoms with E-state index < -0.39 is 0 Å². The Morgan fingerprint density at radius 3 is 2.84 bits per heavy atom. The highest BCUT2D eigenvalue weighted by Gasteiger charge is 2.40. The van der Waals surface area contributed by atoms with Gasteiger partial charge in [-0.3, -0.25) is 19.4 Å². The molecule has 4 rings (SSSR count). The summed E-state index contributed by atoms with van der Waals surface area (Å²) in [6.07, 6.45) is 7.66. The number of hydrogen-bond donors (Lipinski definition) is 2. The van der Waals surface area contributed by atoms with Gasteiger partial charge < -0.3 is 10.2 Å². The van der Waals surface area contributed by atoms with Crippen LogP contribution in [-0.2, 0) is 7.05 Å². The van der Waals surface area contributed by atoms with Gasteiger partial charge in [-0.1, -0.05) is 5.21 Å². The molecule has 1 saturated heterocycles. The fraction of sp³-hybridized carbons (Fsp3) is 0.562. The number of carbonyl (C=O) groups is 2. The Hall–Kier alpha value is -2.71. The minimum absolute atomic E-state index is 0.0308. The van der Waals surface area contributed by atoms with E-state index in [-0.39, 0.29) is 17.9 Å². The van der Waals surface area contributed by atoms with E-state index in [4.69, 9.17) is 0 Å². The number of aromatic nitrogens is 5. The zero-order valence-electron chi connectivity index (χ0n) is 14.1. The summed E-state index contributed by atoms with van der Waals surface area (Å²) in [5, 5.41) is 17.2. The molecule has 3 atom stereocenters. The highest BCUT2D eigenvalue weighted by molar-refractivity contribution is 5.94. The van der Waals surface area contributed by atoms with Crippen molar-refractivity contribution >= 4 is 11.8 Å². The Morgan fingerprint density at radius 1 is 1.28 bits per heavy atom. The molecule has 1 aliphatic carbocycles.